The molecule has 2 heterocycles. The number of hydrogen-bond donors (Lipinski definition) is 0. The van der Waals surface area contributed by atoms with Crippen LogP contribution in [-0.4, -0.2) is 54.1 Å². The summed E-state index contributed by atoms with van der Waals surface area (Å²) in [4.78, 5) is 24.7. The molecule has 1 saturated heterocycles. The number of likely N-dealkylation sites (tertiary alicyclic amines) is 1. The number of amides is 1. The van der Waals surface area contributed by atoms with Crippen LogP contribution in [0.5, 0.6) is 5.88 Å². The minimum atomic E-state index is -0.200. The van der Waals surface area contributed by atoms with Gasteiger partial charge in [-0.1, -0.05) is 6.07 Å². The van der Waals surface area contributed by atoms with Crippen molar-refractivity contribution in [2.45, 2.75) is 18.9 Å². The normalized spacial score (nSPS) is 16.7. The number of carbonyl (C=O) groups excluding carboxylic acids is 1. The van der Waals surface area contributed by atoms with E-state index in [1.807, 2.05) is 49.3 Å². The van der Waals surface area contributed by atoms with E-state index in [0.717, 1.165) is 18.5 Å². The highest BCUT2D eigenvalue weighted by molar-refractivity contribution is 5.95. The van der Waals surface area contributed by atoms with Crippen molar-refractivity contribution in [2.24, 2.45) is 0 Å². The van der Waals surface area contributed by atoms with Crippen LogP contribution in [0.15, 0.2) is 36.7 Å². The van der Waals surface area contributed by atoms with Crippen LogP contribution in [0.4, 0.5) is 5.69 Å². The Morgan fingerprint density at radius 2 is 2.15 bits per heavy atom. The van der Waals surface area contributed by atoms with Crippen molar-refractivity contribution in [2.75, 3.05) is 32.1 Å². The zero-order valence-corrected chi connectivity index (χ0v) is 14.9. The van der Waals surface area contributed by atoms with E-state index in [-0.39, 0.29) is 23.6 Å². The fraction of sp³-hybridized carbons (Fsp3) is 0.368. The van der Waals surface area contributed by atoms with E-state index in [9.17, 15) is 4.79 Å². The second-order valence-electron chi connectivity index (χ2n) is 6.40. The molecule has 0 radical (unpaired) electrons. The van der Waals surface area contributed by atoms with Crippen molar-refractivity contribution in [1.29, 1.82) is 5.26 Å². The average molecular weight is 351 g/mol. The van der Waals surface area contributed by atoms with Gasteiger partial charge >= 0.3 is 0 Å². The van der Waals surface area contributed by atoms with E-state index in [1.54, 1.807) is 4.90 Å². The standard InChI is InChI=1S/C19H21N5O2/c1-23(2)15-6-3-5-14(11-15)19(25)24-10-4-7-16(13-24)26-18-17(12-20)21-8-9-22-18/h3,5-6,8-9,11,16H,4,7,10,13H2,1-2H3. The van der Waals surface area contributed by atoms with Crippen LogP contribution in [0.1, 0.15) is 28.9 Å². The summed E-state index contributed by atoms with van der Waals surface area (Å²) in [5.41, 5.74) is 1.81. The van der Waals surface area contributed by atoms with Gasteiger partial charge in [0.2, 0.25) is 5.69 Å². The zero-order valence-electron chi connectivity index (χ0n) is 14.9. The first kappa shape index (κ1) is 17.7. The molecule has 0 aliphatic carbocycles. The van der Waals surface area contributed by atoms with Crippen LogP contribution in [0.3, 0.4) is 0 Å². The van der Waals surface area contributed by atoms with Gasteiger partial charge in [0, 0.05) is 44.3 Å². The maximum Gasteiger partial charge on any atom is 0.254 e. The first-order valence-electron chi connectivity index (χ1n) is 8.53. The van der Waals surface area contributed by atoms with Gasteiger partial charge in [0.25, 0.3) is 11.8 Å². The summed E-state index contributed by atoms with van der Waals surface area (Å²) in [7, 11) is 3.89. The van der Waals surface area contributed by atoms with Gasteiger partial charge in [-0.3, -0.25) is 4.79 Å². The SMILES string of the molecule is CN(C)c1cccc(C(=O)N2CCCC(Oc3nccnc3C#N)C2)c1. The second-order valence-corrected chi connectivity index (χ2v) is 6.40. The van der Waals surface area contributed by atoms with Gasteiger partial charge in [0.1, 0.15) is 12.2 Å². The summed E-state index contributed by atoms with van der Waals surface area (Å²) >= 11 is 0. The molecule has 1 aromatic carbocycles. The smallest absolute Gasteiger partial charge is 0.254 e. The van der Waals surface area contributed by atoms with Gasteiger partial charge in [0.15, 0.2) is 0 Å². The monoisotopic (exact) mass is 351 g/mol. The fourth-order valence-electron chi connectivity index (χ4n) is 2.96. The highest BCUT2D eigenvalue weighted by Crippen LogP contribution is 2.21. The van der Waals surface area contributed by atoms with E-state index in [2.05, 4.69) is 9.97 Å². The number of nitriles is 1. The molecule has 1 aliphatic heterocycles. The largest absolute Gasteiger partial charge is 0.470 e. The number of nitrogens with zero attached hydrogens (tertiary/aromatic N) is 5. The van der Waals surface area contributed by atoms with Gasteiger partial charge in [-0.25, -0.2) is 9.97 Å². The van der Waals surface area contributed by atoms with Crippen molar-refractivity contribution in [3.05, 3.63) is 47.9 Å². The lowest BCUT2D eigenvalue weighted by Gasteiger charge is -2.32. The molecule has 1 fully saturated rings. The maximum atomic E-state index is 12.9. The number of aromatic nitrogens is 2. The highest BCUT2D eigenvalue weighted by Gasteiger charge is 2.27. The molecule has 7 heteroatoms. The number of piperidine rings is 1. The third-order valence-corrected chi connectivity index (χ3v) is 4.32. The summed E-state index contributed by atoms with van der Waals surface area (Å²) in [6, 6.07) is 9.56. The Labute approximate surface area is 152 Å². The van der Waals surface area contributed by atoms with Crippen molar-refractivity contribution >= 4 is 11.6 Å². The summed E-state index contributed by atoms with van der Waals surface area (Å²) in [6.07, 6.45) is 4.40. The predicted molar refractivity (Wildman–Crippen MR) is 97.1 cm³/mol. The Balaban J connectivity index is 1.71. The van der Waals surface area contributed by atoms with Crippen molar-refractivity contribution < 1.29 is 9.53 Å². The first-order valence-corrected chi connectivity index (χ1v) is 8.53. The average Bonchev–Trinajstić information content (AvgIpc) is 2.68. The van der Waals surface area contributed by atoms with Gasteiger partial charge in [0.05, 0.1) is 6.54 Å². The quantitative estimate of drug-likeness (QED) is 0.839. The highest BCUT2D eigenvalue weighted by atomic mass is 16.5. The number of anilines is 1. The molecule has 0 N–H and O–H groups in total. The van der Waals surface area contributed by atoms with Crippen LogP contribution in [0, 0.1) is 11.3 Å². The summed E-state index contributed by atoms with van der Waals surface area (Å²) in [6.45, 7) is 1.16. The molecule has 1 unspecified atom stereocenters. The summed E-state index contributed by atoms with van der Waals surface area (Å²) in [5.74, 6) is 0.213. The summed E-state index contributed by atoms with van der Waals surface area (Å²) < 4.78 is 5.86. The Hall–Kier alpha value is -3.14. The predicted octanol–water partition coefficient (Wildman–Crippen LogP) is 2.10. The van der Waals surface area contributed by atoms with Crippen LogP contribution < -0.4 is 9.64 Å². The van der Waals surface area contributed by atoms with Crippen LogP contribution >= 0.6 is 0 Å². The van der Waals surface area contributed by atoms with E-state index in [1.165, 1.54) is 12.4 Å². The van der Waals surface area contributed by atoms with E-state index < -0.39 is 0 Å². The van der Waals surface area contributed by atoms with Crippen molar-refractivity contribution in [3.8, 4) is 11.9 Å². The molecule has 0 spiro atoms. The number of hydrogen-bond acceptors (Lipinski definition) is 6. The van der Waals surface area contributed by atoms with Gasteiger partial charge < -0.3 is 14.5 Å². The molecule has 134 valence electrons. The first-order chi connectivity index (χ1) is 12.6. The Morgan fingerprint density at radius 1 is 1.35 bits per heavy atom. The number of carbonyl (C=O) groups is 1. The molecule has 7 nitrogen and oxygen atoms in total. The number of rotatable bonds is 4. The molecule has 1 atom stereocenters. The molecule has 26 heavy (non-hydrogen) atoms. The maximum absolute atomic E-state index is 12.9. The molecule has 1 amide bonds. The molecule has 0 bridgehead atoms. The van der Waals surface area contributed by atoms with E-state index in [0.29, 0.717) is 18.7 Å². The number of benzene rings is 1. The molecular formula is C19H21N5O2. The Kier molecular flexibility index (Phi) is 5.32. The molecule has 3 rings (SSSR count). The topological polar surface area (TPSA) is 82.3 Å². The van der Waals surface area contributed by atoms with Gasteiger partial charge in [-0.2, -0.15) is 5.26 Å². The third-order valence-electron chi connectivity index (χ3n) is 4.32. The lowest BCUT2D eigenvalue weighted by Crippen LogP contribution is -2.44. The summed E-state index contributed by atoms with van der Waals surface area (Å²) in [5, 5.41) is 9.11. The minimum Gasteiger partial charge on any atom is -0.470 e. The minimum absolute atomic E-state index is 0.0124. The molecule has 1 aliphatic rings. The van der Waals surface area contributed by atoms with Crippen LogP contribution in [0.2, 0.25) is 0 Å². The Bertz CT molecular complexity index is 831. The third kappa shape index (κ3) is 3.91. The lowest BCUT2D eigenvalue weighted by molar-refractivity contribution is 0.0526. The second kappa shape index (κ2) is 7.83. The number of ether oxygens (including phenoxy) is 1. The zero-order chi connectivity index (χ0) is 18.5. The molecule has 0 saturated carbocycles. The van der Waals surface area contributed by atoms with E-state index >= 15 is 0 Å². The van der Waals surface area contributed by atoms with E-state index in [4.69, 9.17) is 10.00 Å². The molecule has 2 aromatic rings. The van der Waals surface area contributed by atoms with Crippen LogP contribution in [-0.2, 0) is 0 Å². The van der Waals surface area contributed by atoms with Gasteiger partial charge in [-0.15, -0.1) is 0 Å². The fourth-order valence-corrected chi connectivity index (χ4v) is 2.96. The Morgan fingerprint density at radius 3 is 2.92 bits per heavy atom. The molecule has 1 aromatic heterocycles. The van der Waals surface area contributed by atoms with Crippen LogP contribution in [0.25, 0.3) is 0 Å². The lowest BCUT2D eigenvalue weighted by atomic mass is 10.1. The van der Waals surface area contributed by atoms with Gasteiger partial charge in [-0.05, 0) is 31.0 Å². The van der Waals surface area contributed by atoms with Crippen molar-refractivity contribution in [1.82, 2.24) is 14.9 Å². The van der Waals surface area contributed by atoms with Crippen molar-refractivity contribution in [3.63, 3.8) is 0 Å². The molecular weight excluding hydrogens is 330 g/mol.